The minimum absolute atomic E-state index is 0.0545. The number of halogens is 1. The minimum atomic E-state index is -4.40. The molecule has 0 radical (unpaired) electrons. The van der Waals surface area contributed by atoms with Gasteiger partial charge in [0.05, 0.1) is 10.6 Å². The number of fused-ring (bicyclic) bond motifs is 1. The summed E-state index contributed by atoms with van der Waals surface area (Å²) in [5.74, 6) is -0.845. The van der Waals surface area contributed by atoms with Crippen molar-refractivity contribution in [1.29, 1.82) is 0 Å². The Morgan fingerprint density at radius 3 is 2.28 bits per heavy atom. The molecule has 1 aliphatic heterocycles. The average molecular weight is 660 g/mol. The van der Waals surface area contributed by atoms with Crippen molar-refractivity contribution in [2.45, 2.75) is 44.2 Å². The SMILES string of the molecule is CCCNC(=O)[C@@H](Cc1ccccc1)N(Cc1cccc(C)c1)C(=O)CN(c1ccc(F)cc1)S(=O)(=O)c1ccc2c(c1)OCCO2. The zero-order valence-electron chi connectivity index (χ0n) is 26.4. The van der Waals surface area contributed by atoms with Crippen molar-refractivity contribution in [3.63, 3.8) is 0 Å². The molecule has 0 saturated heterocycles. The molecule has 0 aromatic heterocycles. The van der Waals surface area contributed by atoms with Gasteiger partial charge in [-0.25, -0.2) is 12.8 Å². The third-order valence-electron chi connectivity index (χ3n) is 7.75. The van der Waals surface area contributed by atoms with Crippen LogP contribution in [-0.2, 0) is 32.6 Å². The van der Waals surface area contributed by atoms with E-state index in [4.69, 9.17) is 9.47 Å². The zero-order valence-corrected chi connectivity index (χ0v) is 27.2. The standard InChI is InChI=1S/C36H38FN3O6S/c1-3-18-38-36(42)32(22-27-9-5-4-6-10-27)39(24-28-11-7-8-26(2)21-28)35(41)25-40(30-14-12-29(37)13-15-30)47(43,44)31-16-17-33-34(23-31)46-20-19-45-33/h4-17,21,23,32H,3,18-20,22,24-25H2,1-2H3,(H,38,42)/t32-/m1/s1. The third-order valence-corrected chi connectivity index (χ3v) is 9.52. The number of sulfonamides is 1. The van der Waals surface area contributed by atoms with Crippen LogP contribution in [0, 0.1) is 12.7 Å². The summed E-state index contributed by atoms with van der Waals surface area (Å²) in [7, 11) is -4.40. The van der Waals surface area contributed by atoms with Gasteiger partial charge in [0.2, 0.25) is 11.8 Å². The summed E-state index contributed by atoms with van der Waals surface area (Å²) in [6, 6.07) is 25.1. The lowest BCUT2D eigenvalue weighted by molar-refractivity contribution is -0.140. The van der Waals surface area contributed by atoms with Gasteiger partial charge in [-0.3, -0.25) is 13.9 Å². The molecule has 4 aromatic carbocycles. The number of nitrogens with one attached hydrogen (secondary N) is 1. The number of benzene rings is 4. The Kier molecular flexibility index (Phi) is 10.8. The number of carbonyl (C=O) groups is 2. The molecule has 0 bridgehead atoms. The smallest absolute Gasteiger partial charge is 0.264 e. The van der Waals surface area contributed by atoms with E-state index in [1.54, 1.807) is 0 Å². The molecule has 0 aliphatic carbocycles. The number of hydrogen-bond donors (Lipinski definition) is 1. The second-order valence-corrected chi connectivity index (χ2v) is 13.2. The fourth-order valence-electron chi connectivity index (χ4n) is 5.37. The molecule has 2 amide bonds. The maximum absolute atomic E-state index is 14.5. The van der Waals surface area contributed by atoms with E-state index < -0.39 is 34.3 Å². The number of aryl methyl sites for hydroxylation is 1. The van der Waals surface area contributed by atoms with Gasteiger partial charge in [0.1, 0.15) is 31.6 Å². The first-order valence-electron chi connectivity index (χ1n) is 15.5. The summed E-state index contributed by atoms with van der Waals surface area (Å²) in [5, 5.41) is 2.93. The fraction of sp³-hybridized carbons (Fsp3) is 0.278. The summed E-state index contributed by atoms with van der Waals surface area (Å²) < 4.78 is 54.7. The molecule has 0 unspecified atom stereocenters. The van der Waals surface area contributed by atoms with Crippen LogP contribution in [0.15, 0.2) is 102 Å². The van der Waals surface area contributed by atoms with E-state index in [-0.39, 0.29) is 41.8 Å². The number of rotatable bonds is 13. The van der Waals surface area contributed by atoms with Gasteiger partial charge in [-0.05, 0) is 60.9 Å². The summed E-state index contributed by atoms with van der Waals surface area (Å²) >= 11 is 0. The molecule has 1 atom stereocenters. The first-order chi connectivity index (χ1) is 22.7. The molecule has 246 valence electrons. The summed E-state index contributed by atoms with van der Waals surface area (Å²) in [5.41, 5.74) is 2.67. The fourth-order valence-corrected chi connectivity index (χ4v) is 6.80. The second-order valence-electron chi connectivity index (χ2n) is 11.3. The van der Waals surface area contributed by atoms with Gasteiger partial charge in [-0.1, -0.05) is 67.1 Å². The van der Waals surface area contributed by atoms with E-state index in [0.717, 1.165) is 33.1 Å². The highest BCUT2D eigenvalue weighted by Crippen LogP contribution is 2.34. The Labute approximate surface area is 275 Å². The molecule has 1 heterocycles. The molecular weight excluding hydrogens is 621 g/mol. The highest BCUT2D eigenvalue weighted by atomic mass is 32.2. The van der Waals surface area contributed by atoms with Gasteiger partial charge in [0, 0.05) is 25.6 Å². The van der Waals surface area contributed by atoms with Gasteiger partial charge in [0.25, 0.3) is 10.0 Å². The first-order valence-corrected chi connectivity index (χ1v) is 16.9. The Bertz CT molecular complexity index is 1800. The maximum Gasteiger partial charge on any atom is 0.264 e. The monoisotopic (exact) mass is 659 g/mol. The highest BCUT2D eigenvalue weighted by molar-refractivity contribution is 7.92. The normalized spacial score (nSPS) is 13.0. The molecular formula is C36H38FN3O6S. The van der Waals surface area contributed by atoms with Crippen LogP contribution in [0.25, 0.3) is 0 Å². The van der Waals surface area contributed by atoms with E-state index in [9.17, 15) is 22.4 Å². The van der Waals surface area contributed by atoms with Crippen LogP contribution in [0.3, 0.4) is 0 Å². The number of hydrogen-bond acceptors (Lipinski definition) is 6. The van der Waals surface area contributed by atoms with Crippen LogP contribution in [0.2, 0.25) is 0 Å². The van der Waals surface area contributed by atoms with Gasteiger partial charge < -0.3 is 19.7 Å². The molecule has 5 rings (SSSR count). The lowest BCUT2D eigenvalue weighted by Gasteiger charge is -2.34. The summed E-state index contributed by atoms with van der Waals surface area (Å²) in [6.45, 7) is 4.28. The van der Waals surface area contributed by atoms with Crippen LogP contribution in [-0.4, -0.2) is 57.5 Å². The topological polar surface area (TPSA) is 105 Å². The van der Waals surface area contributed by atoms with Crippen LogP contribution >= 0.6 is 0 Å². The van der Waals surface area contributed by atoms with Crippen molar-refractivity contribution in [3.8, 4) is 11.5 Å². The number of ether oxygens (including phenoxy) is 2. The van der Waals surface area contributed by atoms with E-state index >= 15 is 0 Å². The highest BCUT2D eigenvalue weighted by Gasteiger charge is 2.35. The minimum Gasteiger partial charge on any atom is -0.486 e. The molecule has 9 nitrogen and oxygen atoms in total. The Morgan fingerprint density at radius 1 is 0.872 bits per heavy atom. The van der Waals surface area contributed by atoms with E-state index in [0.29, 0.717) is 25.3 Å². The summed E-state index contributed by atoms with van der Waals surface area (Å²) in [4.78, 5) is 29.6. The van der Waals surface area contributed by atoms with Crippen LogP contribution in [0.4, 0.5) is 10.1 Å². The molecule has 11 heteroatoms. The average Bonchev–Trinajstić information content (AvgIpc) is 3.08. The Balaban J connectivity index is 1.57. The Morgan fingerprint density at radius 2 is 1.57 bits per heavy atom. The van der Waals surface area contributed by atoms with E-state index in [2.05, 4.69) is 5.32 Å². The number of carbonyl (C=O) groups excluding carboxylic acids is 2. The first kappa shape index (κ1) is 33.5. The van der Waals surface area contributed by atoms with Crippen molar-refractivity contribution < 1.29 is 31.9 Å². The number of nitrogens with zero attached hydrogens (tertiary/aromatic N) is 2. The van der Waals surface area contributed by atoms with Crippen molar-refractivity contribution >= 4 is 27.5 Å². The van der Waals surface area contributed by atoms with Crippen molar-refractivity contribution in [2.75, 3.05) is 30.6 Å². The zero-order chi connectivity index (χ0) is 33.4. The number of amides is 2. The molecule has 0 saturated carbocycles. The van der Waals surface area contributed by atoms with Crippen molar-refractivity contribution in [3.05, 3.63) is 120 Å². The number of anilines is 1. The molecule has 4 aromatic rings. The van der Waals surface area contributed by atoms with Gasteiger partial charge in [-0.2, -0.15) is 0 Å². The lowest BCUT2D eigenvalue weighted by atomic mass is 10.0. The van der Waals surface area contributed by atoms with Gasteiger partial charge >= 0.3 is 0 Å². The molecule has 0 fully saturated rings. The van der Waals surface area contributed by atoms with Gasteiger partial charge in [0.15, 0.2) is 11.5 Å². The van der Waals surface area contributed by atoms with Crippen molar-refractivity contribution in [2.24, 2.45) is 0 Å². The Hall–Kier alpha value is -4.90. The molecule has 0 spiro atoms. The lowest BCUT2D eigenvalue weighted by Crippen LogP contribution is -2.53. The summed E-state index contributed by atoms with van der Waals surface area (Å²) in [6.07, 6.45) is 0.904. The predicted molar refractivity (Wildman–Crippen MR) is 177 cm³/mol. The van der Waals surface area contributed by atoms with E-state index in [1.165, 1.54) is 35.2 Å². The van der Waals surface area contributed by atoms with Crippen LogP contribution < -0.4 is 19.1 Å². The van der Waals surface area contributed by atoms with Crippen LogP contribution in [0.1, 0.15) is 30.0 Å². The van der Waals surface area contributed by atoms with E-state index in [1.807, 2.05) is 68.4 Å². The largest absolute Gasteiger partial charge is 0.486 e. The molecule has 1 N–H and O–H groups in total. The maximum atomic E-state index is 14.5. The molecule has 47 heavy (non-hydrogen) atoms. The van der Waals surface area contributed by atoms with Gasteiger partial charge in [-0.15, -0.1) is 0 Å². The molecule has 1 aliphatic rings. The predicted octanol–water partition coefficient (Wildman–Crippen LogP) is 5.27. The van der Waals surface area contributed by atoms with Crippen molar-refractivity contribution in [1.82, 2.24) is 10.2 Å². The quantitative estimate of drug-likeness (QED) is 0.210. The van der Waals surface area contributed by atoms with Crippen LogP contribution in [0.5, 0.6) is 11.5 Å². The third kappa shape index (κ3) is 8.28. The second kappa shape index (κ2) is 15.1.